The summed E-state index contributed by atoms with van der Waals surface area (Å²) in [5, 5.41) is 11.7. The zero-order chi connectivity index (χ0) is 13.1. The molecule has 0 aromatic carbocycles. The fraction of sp³-hybridized carbons (Fsp3) is 0.846. The van der Waals surface area contributed by atoms with Gasteiger partial charge in [0.15, 0.2) is 0 Å². The number of hydrogen-bond donors (Lipinski definition) is 2. The van der Waals surface area contributed by atoms with Crippen LogP contribution in [0.4, 0.5) is 4.79 Å². The average molecular weight is 254 g/mol. The lowest BCUT2D eigenvalue weighted by Crippen LogP contribution is -2.45. The molecule has 0 aromatic rings. The monoisotopic (exact) mass is 254 g/mol. The molecule has 0 radical (unpaired) electrons. The maximum absolute atomic E-state index is 12.0. The van der Waals surface area contributed by atoms with Crippen molar-refractivity contribution in [3.63, 3.8) is 0 Å². The second-order valence-corrected chi connectivity index (χ2v) is 5.61. The standard InChI is InChI=1S/C13H22N2O3/c1-9-3-2-4-10(9)7-14-13(18)15(8-12(16)17)11-5-6-11/h9-11H,2-8H2,1H3,(H,14,18)(H,16,17). The highest BCUT2D eigenvalue weighted by Crippen LogP contribution is 2.31. The maximum Gasteiger partial charge on any atom is 0.323 e. The molecule has 5 nitrogen and oxygen atoms in total. The first-order valence-corrected chi connectivity index (χ1v) is 6.84. The predicted octanol–water partition coefficient (Wildman–Crippen LogP) is 1.68. The number of nitrogens with zero attached hydrogens (tertiary/aromatic N) is 1. The normalized spacial score (nSPS) is 26.9. The Labute approximate surface area is 108 Å². The van der Waals surface area contributed by atoms with Crippen LogP contribution in [0, 0.1) is 11.8 Å². The Hall–Kier alpha value is -1.26. The van der Waals surface area contributed by atoms with Crippen molar-refractivity contribution in [1.29, 1.82) is 0 Å². The van der Waals surface area contributed by atoms with Gasteiger partial charge in [-0.2, -0.15) is 0 Å². The van der Waals surface area contributed by atoms with Gasteiger partial charge in [-0.1, -0.05) is 19.8 Å². The number of rotatable bonds is 5. The van der Waals surface area contributed by atoms with Crippen molar-refractivity contribution in [2.24, 2.45) is 11.8 Å². The summed E-state index contributed by atoms with van der Waals surface area (Å²) < 4.78 is 0. The molecule has 2 fully saturated rings. The van der Waals surface area contributed by atoms with E-state index in [1.165, 1.54) is 24.2 Å². The topological polar surface area (TPSA) is 69.6 Å². The molecular formula is C13H22N2O3. The SMILES string of the molecule is CC1CCCC1CNC(=O)N(CC(=O)O)C1CC1. The second-order valence-electron chi connectivity index (χ2n) is 5.61. The van der Waals surface area contributed by atoms with E-state index in [1.807, 2.05) is 0 Å². The van der Waals surface area contributed by atoms with Crippen LogP contribution >= 0.6 is 0 Å². The van der Waals surface area contributed by atoms with Crippen molar-refractivity contribution in [3.05, 3.63) is 0 Å². The van der Waals surface area contributed by atoms with Gasteiger partial charge in [-0.05, 0) is 31.1 Å². The van der Waals surface area contributed by atoms with Gasteiger partial charge in [0.25, 0.3) is 0 Å². The van der Waals surface area contributed by atoms with Crippen molar-refractivity contribution in [2.75, 3.05) is 13.1 Å². The molecule has 5 heteroatoms. The molecule has 0 spiro atoms. The molecule has 2 amide bonds. The van der Waals surface area contributed by atoms with Crippen molar-refractivity contribution < 1.29 is 14.7 Å². The summed E-state index contributed by atoms with van der Waals surface area (Å²) in [5.41, 5.74) is 0. The number of carbonyl (C=O) groups excluding carboxylic acids is 1. The van der Waals surface area contributed by atoms with Gasteiger partial charge in [-0.3, -0.25) is 4.79 Å². The Kier molecular flexibility index (Phi) is 4.09. The molecule has 2 rings (SSSR count). The minimum Gasteiger partial charge on any atom is -0.480 e. The van der Waals surface area contributed by atoms with Crippen LogP contribution in [0.1, 0.15) is 39.0 Å². The first kappa shape index (κ1) is 13.2. The number of nitrogens with one attached hydrogen (secondary N) is 1. The van der Waals surface area contributed by atoms with Crippen LogP contribution in [0.25, 0.3) is 0 Å². The highest BCUT2D eigenvalue weighted by Gasteiger charge is 2.34. The van der Waals surface area contributed by atoms with E-state index in [1.54, 1.807) is 0 Å². The minimum atomic E-state index is -0.939. The molecule has 0 heterocycles. The summed E-state index contributed by atoms with van der Waals surface area (Å²) in [6.07, 6.45) is 5.51. The third-order valence-corrected chi connectivity index (χ3v) is 4.11. The van der Waals surface area contributed by atoms with Crippen LogP contribution in [0.15, 0.2) is 0 Å². The summed E-state index contributed by atoms with van der Waals surface area (Å²) in [4.78, 5) is 24.2. The molecule has 0 bridgehead atoms. The van der Waals surface area contributed by atoms with E-state index in [4.69, 9.17) is 5.11 Å². The van der Waals surface area contributed by atoms with Crippen molar-refractivity contribution >= 4 is 12.0 Å². The molecule has 2 aliphatic rings. The second kappa shape index (κ2) is 5.59. The molecular weight excluding hydrogens is 232 g/mol. The van der Waals surface area contributed by atoms with Gasteiger partial charge in [-0.15, -0.1) is 0 Å². The predicted molar refractivity (Wildman–Crippen MR) is 67.3 cm³/mol. The summed E-state index contributed by atoms with van der Waals surface area (Å²) in [6.45, 7) is 2.72. The fourth-order valence-electron chi connectivity index (χ4n) is 2.74. The molecule has 2 atom stereocenters. The van der Waals surface area contributed by atoms with Crippen LogP contribution in [-0.4, -0.2) is 41.1 Å². The van der Waals surface area contributed by atoms with Gasteiger partial charge >= 0.3 is 12.0 Å². The number of carboxylic acid groups (broad SMARTS) is 1. The van der Waals surface area contributed by atoms with Crippen molar-refractivity contribution in [2.45, 2.75) is 45.1 Å². The van der Waals surface area contributed by atoms with Crippen molar-refractivity contribution in [1.82, 2.24) is 10.2 Å². The quantitative estimate of drug-likeness (QED) is 0.784. The van der Waals surface area contributed by atoms with Gasteiger partial charge in [0.2, 0.25) is 0 Å². The molecule has 0 aromatic heterocycles. The maximum atomic E-state index is 12.0. The Morgan fingerprint density at radius 3 is 2.50 bits per heavy atom. The first-order chi connectivity index (χ1) is 8.58. The Balaban J connectivity index is 1.79. The minimum absolute atomic E-state index is 0.141. The summed E-state index contributed by atoms with van der Waals surface area (Å²) in [5.74, 6) is 0.283. The molecule has 0 aliphatic heterocycles. The van der Waals surface area contributed by atoms with Crippen LogP contribution < -0.4 is 5.32 Å². The van der Waals surface area contributed by atoms with E-state index in [2.05, 4.69) is 12.2 Å². The molecule has 2 aliphatic carbocycles. The number of hydrogen-bond acceptors (Lipinski definition) is 2. The lowest BCUT2D eigenvalue weighted by atomic mass is 9.98. The van der Waals surface area contributed by atoms with Crippen LogP contribution in [0.2, 0.25) is 0 Å². The highest BCUT2D eigenvalue weighted by molar-refractivity contribution is 5.80. The molecule has 2 unspecified atom stereocenters. The molecule has 18 heavy (non-hydrogen) atoms. The molecule has 0 saturated heterocycles. The van der Waals surface area contributed by atoms with Crippen LogP contribution in [0.5, 0.6) is 0 Å². The highest BCUT2D eigenvalue weighted by atomic mass is 16.4. The van der Waals surface area contributed by atoms with E-state index in [0.29, 0.717) is 18.4 Å². The molecule has 2 N–H and O–H groups in total. The van der Waals surface area contributed by atoms with E-state index in [-0.39, 0.29) is 18.6 Å². The van der Waals surface area contributed by atoms with Gasteiger partial charge in [0.1, 0.15) is 6.54 Å². The van der Waals surface area contributed by atoms with E-state index in [9.17, 15) is 9.59 Å². The number of carboxylic acids is 1. The number of aliphatic carboxylic acids is 1. The molecule has 102 valence electrons. The van der Waals surface area contributed by atoms with Gasteiger partial charge in [0.05, 0.1) is 0 Å². The first-order valence-electron chi connectivity index (χ1n) is 6.84. The Morgan fingerprint density at radius 2 is 2.00 bits per heavy atom. The zero-order valence-electron chi connectivity index (χ0n) is 10.9. The fourth-order valence-corrected chi connectivity index (χ4v) is 2.74. The third kappa shape index (κ3) is 3.37. The van der Waals surface area contributed by atoms with Crippen LogP contribution in [0.3, 0.4) is 0 Å². The third-order valence-electron chi connectivity index (χ3n) is 4.11. The summed E-state index contributed by atoms with van der Waals surface area (Å²) in [6, 6.07) is -0.0684. The van der Waals surface area contributed by atoms with E-state index < -0.39 is 5.97 Å². The largest absolute Gasteiger partial charge is 0.480 e. The van der Waals surface area contributed by atoms with E-state index >= 15 is 0 Å². The van der Waals surface area contributed by atoms with Gasteiger partial charge < -0.3 is 15.3 Å². The zero-order valence-corrected chi connectivity index (χ0v) is 10.9. The molecule has 2 saturated carbocycles. The number of urea groups is 1. The lowest BCUT2D eigenvalue weighted by molar-refractivity contribution is -0.137. The van der Waals surface area contributed by atoms with Crippen LogP contribution in [-0.2, 0) is 4.79 Å². The van der Waals surface area contributed by atoms with E-state index in [0.717, 1.165) is 12.8 Å². The Bertz CT molecular complexity index is 328. The lowest BCUT2D eigenvalue weighted by Gasteiger charge is -2.23. The number of amides is 2. The van der Waals surface area contributed by atoms with Gasteiger partial charge in [-0.25, -0.2) is 4.79 Å². The summed E-state index contributed by atoms with van der Waals surface area (Å²) >= 11 is 0. The Morgan fingerprint density at radius 1 is 1.28 bits per heavy atom. The smallest absolute Gasteiger partial charge is 0.323 e. The van der Waals surface area contributed by atoms with Gasteiger partial charge in [0, 0.05) is 12.6 Å². The summed E-state index contributed by atoms with van der Waals surface area (Å²) in [7, 11) is 0. The average Bonchev–Trinajstić information content (AvgIpc) is 3.07. The van der Waals surface area contributed by atoms with Crippen molar-refractivity contribution in [3.8, 4) is 0 Å². The number of carbonyl (C=O) groups is 2.